The first-order chi connectivity index (χ1) is 11.1. The van der Waals surface area contributed by atoms with Crippen molar-refractivity contribution in [3.05, 3.63) is 42.5 Å². The fraction of sp³-hybridized carbons (Fsp3) is 0.200. The third-order valence-corrected chi connectivity index (χ3v) is 2.73. The van der Waals surface area contributed by atoms with Crippen LogP contribution in [0.1, 0.15) is 0 Å². The number of nitrogens with zero attached hydrogens (tertiary/aromatic N) is 4. The lowest BCUT2D eigenvalue weighted by atomic mass is 10.1. The van der Waals surface area contributed by atoms with Crippen molar-refractivity contribution >= 4 is 34.6 Å². The van der Waals surface area contributed by atoms with E-state index in [2.05, 4.69) is 0 Å². The summed E-state index contributed by atoms with van der Waals surface area (Å²) >= 11 is 0. The molecule has 1 rings (SSSR count). The van der Waals surface area contributed by atoms with E-state index in [-0.39, 0.29) is 0 Å². The van der Waals surface area contributed by atoms with Crippen LogP contribution in [0.3, 0.4) is 0 Å². The van der Waals surface area contributed by atoms with Gasteiger partial charge in [-0.1, -0.05) is 0 Å². The molecule has 1 amide bonds. The van der Waals surface area contributed by atoms with Crippen LogP contribution >= 0.6 is 0 Å². The minimum atomic E-state index is -1.58. The van der Waals surface area contributed by atoms with Crippen LogP contribution in [0.5, 0.6) is 0 Å². The topological polar surface area (TPSA) is 213 Å². The number of amides is 1. The maximum Gasteiger partial charge on any atom is 0.424 e. The predicted octanol–water partition coefficient (Wildman–Crippen LogP) is -0.212. The number of hydrogen-bond acceptors (Lipinski definition) is 9. The Morgan fingerprint density at radius 1 is 1.04 bits per heavy atom. The molecule has 24 heavy (non-hydrogen) atoms. The van der Waals surface area contributed by atoms with E-state index in [9.17, 15) is 39.9 Å². The lowest BCUT2D eigenvalue weighted by molar-refractivity contribution is -0.440. The van der Waals surface area contributed by atoms with Gasteiger partial charge in [0.05, 0.1) is 21.3 Å². The number of nitrogens with two attached hydrogens (primary N) is 1. The summed E-state index contributed by atoms with van der Waals surface area (Å²) in [5, 5.41) is 41.9. The van der Waals surface area contributed by atoms with E-state index in [0.29, 0.717) is 17.0 Å². The van der Waals surface area contributed by atoms with Gasteiger partial charge in [-0.15, -0.1) is 0 Å². The smallest absolute Gasteiger partial charge is 0.424 e. The lowest BCUT2D eigenvalue weighted by Crippen LogP contribution is -2.40. The highest BCUT2D eigenvalue weighted by Crippen LogP contribution is 2.43. The van der Waals surface area contributed by atoms with Crippen molar-refractivity contribution in [2.24, 2.45) is 5.73 Å². The molecule has 0 saturated heterocycles. The zero-order valence-electron chi connectivity index (χ0n) is 11.6. The zero-order valence-corrected chi connectivity index (χ0v) is 11.6. The summed E-state index contributed by atoms with van der Waals surface area (Å²) in [6.45, 7) is -1.82. The van der Waals surface area contributed by atoms with Crippen molar-refractivity contribution in [3.63, 3.8) is 0 Å². The molecule has 0 atom stereocenters. The third-order valence-electron chi connectivity index (χ3n) is 2.73. The van der Waals surface area contributed by atoms with Gasteiger partial charge in [0.1, 0.15) is 12.2 Å². The second-order valence-electron chi connectivity index (χ2n) is 4.15. The molecule has 14 nitrogen and oxygen atoms in total. The van der Waals surface area contributed by atoms with Gasteiger partial charge < -0.3 is 10.8 Å². The van der Waals surface area contributed by atoms with Gasteiger partial charge >= 0.3 is 23.0 Å². The van der Waals surface area contributed by atoms with Crippen molar-refractivity contribution in [2.45, 2.75) is 0 Å². The van der Waals surface area contributed by atoms with Crippen LogP contribution in [-0.2, 0) is 9.59 Å². The summed E-state index contributed by atoms with van der Waals surface area (Å²) in [4.78, 5) is 52.1. The minimum absolute atomic E-state index is 0.331. The molecule has 0 spiro atoms. The predicted molar refractivity (Wildman–Crippen MR) is 75.4 cm³/mol. The Hall–Kier alpha value is -3.68. The van der Waals surface area contributed by atoms with Crippen LogP contribution in [0.2, 0.25) is 0 Å². The number of aliphatic carboxylic acids is 1. The highest BCUT2D eigenvalue weighted by Gasteiger charge is 2.41. The summed E-state index contributed by atoms with van der Waals surface area (Å²) in [5.74, 6) is -2.66. The number of nitro benzene ring substituents is 3. The molecule has 1 aromatic rings. The molecule has 14 heteroatoms. The molecular formula is C10H9N5O9. The Kier molecular flexibility index (Phi) is 5.40. The first-order valence-corrected chi connectivity index (χ1v) is 5.94. The minimum Gasteiger partial charge on any atom is -0.480 e. The third kappa shape index (κ3) is 3.55. The largest absolute Gasteiger partial charge is 0.480 e. The van der Waals surface area contributed by atoms with Crippen molar-refractivity contribution in [2.75, 3.05) is 18.0 Å². The van der Waals surface area contributed by atoms with E-state index in [1.165, 1.54) is 0 Å². The second kappa shape index (κ2) is 7.05. The monoisotopic (exact) mass is 343 g/mol. The Morgan fingerprint density at radius 3 is 1.96 bits per heavy atom. The van der Waals surface area contributed by atoms with Gasteiger partial charge in [0.2, 0.25) is 5.91 Å². The average Bonchev–Trinajstić information content (AvgIpc) is 2.49. The van der Waals surface area contributed by atoms with Crippen LogP contribution in [0.25, 0.3) is 0 Å². The van der Waals surface area contributed by atoms with Crippen molar-refractivity contribution in [3.8, 4) is 0 Å². The molecule has 1 aromatic carbocycles. The summed E-state index contributed by atoms with van der Waals surface area (Å²) in [6, 6.07) is 1.25. The number of carbonyl (C=O) groups excluding carboxylic acids is 1. The molecule has 0 unspecified atom stereocenters. The number of carboxylic acid groups (broad SMARTS) is 1. The van der Waals surface area contributed by atoms with Crippen LogP contribution in [0, 0.1) is 30.3 Å². The maximum atomic E-state index is 11.7. The number of anilines is 1. The maximum absolute atomic E-state index is 11.7. The van der Waals surface area contributed by atoms with Crippen molar-refractivity contribution in [1.29, 1.82) is 0 Å². The molecule has 0 aliphatic heterocycles. The standard InChI is InChI=1S/C10H9N5O9/c11-3-7(16)12(4-8(17)18)5-1-2-6(13(19)20)10(15(23)24)9(5)14(21)22/h1-2H,3-4,11H2,(H,17,18). The molecular weight excluding hydrogens is 334 g/mol. The number of benzene rings is 1. The highest BCUT2D eigenvalue weighted by atomic mass is 16.6. The van der Waals surface area contributed by atoms with Gasteiger partial charge in [0, 0.05) is 6.07 Å². The van der Waals surface area contributed by atoms with Crippen molar-refractivity contribution in [1.82, 2.24) is 0 Å². The summed E-state index contributed by atoms with van der Waals surface area (Å²) in [6.07, 6.45) is 0. The molecule has 128 valence electrons. The fourth-order valence-corrected chi connectivity index (χ4v) is 1.84. The highest BCUT2D eigenvalue weighted by molar-refractivity contribution is 6.01. The molecule has 0 bridgehead atoms. The first-order valence-electron chi connectivity index (χ1n) is 5.94. The lowest BCUT2D eigenvalue weighted by Gasteiger charge is -2.19. The summed E-state index contributed by atoms with van der Waals surface area (Å²) in [7, 11) is 0. The first kappa shape index (κ1) is 18.4. The van der Waals surface area contributed by atoms with E-state index in [4.69, 9.17) is 10.8 Å². The summed E-state index contributed by atoms with van der Waals surface area (Å²) < 4.78 is 0. The van der Waals surface area contributed by atoms with Gasteiger partial charge in [-0.2, -0.15) is 0 Å². The molecule has 0 aromatic heterocycles. The Morgan fingerprint density at radius 2 is 1.58 bits per heavy atom. The normalized spacial score (nSPS) is 10.0. The SMILES string of the molecule is NCC(=O)N(CC(=O)O)c1ccc([N+](=O)[O-])c([N+](=O)[O-])c1[N+](=O)[O-]. The van der Waals surface area contributed by atoms with Crippen LogP contribution in [0.4, 0.5) is 22.7 Å². The van der Waals surface area contributed by atoms with Gasteiger partial charge in [-0.05, 0) is 6.07 Å². The molecule has 0 heterocycles. The number of carbonyl (C=O) groups is 2. The average molecular weight is 343 g/mol. The quantitative estimate of drug-likeness (QED) is 0.490. The molecule has 3 N–H and O–H groups in total. The fourth-order valence-electron chi connectivity index (χ4n) is 1.84. The Labute approximate surface area is 131 Å². The van der Waals surface area contributed by atoms with E-state index in [1.54, 1.807) is 0 Å². The van der Waals surface area contributed by atoms with Crippen molar-refractivity contribution < 1.29 is 29.5 Å². The Bertz CT molecular complexity index is 746. The number of rotatable bonds is 7. The van der Waals surface area contributed by atoms with Gasteiger partial charge in [-0.3, -0.25) is 44.8 Å². The summed E-state index contributed by atoms with van der Waals surface area (Å²) in [5.41, 5.74) is 0.287. The van der Waals surface area contributed by atoms with Gasteiger partial charge in [-0.25, -0.2) is 0 Å². The van der Waals surface area contributed by atoms with Gasteiger partial charge in [0.25, 0.3) is 0 Å². The second-order valence-corrected chi connectivity index (χ2v) is 4.15. The van der Waals surface area contributed by atoms with E-state index in [0.717, 1.165) is 0 Å². The molecule has 0 fully saturated rings. The van der Waals surface area contributed by atoms with E-state index < -0.39 is 62.5 Å². The zero-order chi connectivity index (χ0) is 18.6. The van der Waals surface area contributed by atoms with E-state index in [1.807, 2.05) is 0 Å². The van der Waals surface area contributed by atoms with Crippen LogP contribution < -0.4 is 10.6 Å². The van der Waals surface area contributed by atoms with Gasteiger partial charge in [0.15, 0.2) is 0 Å². The molecule has 0 saturated carbocycles. The van der Waals surface area contributed by atoms with E-state index >= 15 is 0 Å². The number of hydrogen-bond donors (Lipinski definition) is 2. The number of carboxylic acids is 1. The molecule has 0 aliphatic rings. The van der Waals surface area contributed by atoms with Crippen LogP contribution in [0.15, 0.2) is 12.1 Å². The van der Waals surface area contributed by atoms with Crippen LogP contribution in [-0.4, -0.2) is 44.8 Å². The molecule has 0 aliphatic carbocycles. The molecule has 0 radical (unpaired) electrons. The number of nitro groups is 3. The Balaban J connectivity index is 3.80.